The average Bonchev–Trinajstić information content (AvgIpc) is 3.62. The Bertz CT molecular complexity index is 1610. The minimum absolute atomic E-state index is 0.0238. The van der Waals surface area contributed by atoms with Gasteiger partial charge in [0.05, 0.1) is 28.5 Å². The van der Waals surface area contributed by atoms with Crippen molar-refractivity contribution in [2.45, 2.75) is 45.0 Å². The highest BCUT2D eigenvalue weighted by molar-refractivity contribution is 8.00. The van der Waals surface area contributed by atoms with Crippen LogP contribution in [0.2, 0.25) is 0 Å². The van der Waals surface area contributed by atoms with E-state index in [0.717, 1.165) is 64.2 Å². The van der Waals surface area contributed by atoms with E-state index in [0.29, 0.717) is 12.4 Å². The van der Waals surface area contributed by atoms with Crippen LogP contribution in [-0.4, -0.2) is 53.1 Å². The maximum absolute atomic E-state index is 14.0. The van der Waals surface area contributed by atoms with Gasteiger partial charge in [-0.15, -0.1) is 11.8 Å². The van der Waals surface area contributed by atoms with Crippen molar-refractivity contribution in [3.05, 3.63) is 101 Å². The van der Waals surface area contributed by atoms with Gasteiger partial charge in [0.25, 0.3) is 0 Å². The van der Waals surface area contributed by atoms with Crippen LogP contribution in [0.25, 0.3) is 16.9 Å². The second-order valence-electron chi connectivity index (χ2n) is 11.1. The largest absolute Gasteiger partial charge is 0.376 e. The van der Waals surface area contributed by atoms with Gasteiger partial charge in [0.1, 0.15) is 12.4 Å². The van der Waals surface area contributed by atoms with Gasteiger partial charge in [0.15, 0.2) is 0 Å². The van der Waals surface area contributed by atoms with Crippen LogP contribution < -0.4 is 10.2 Å². The van der Waals surface area contributed by atoms with Crippen LogP contribution in [0.1, 0.15) is 45.9 Å². The normalized spacial score (nSPS) is 18.5. The number of carbonyl (C=O) groups is 2. The van der Waals surface area contributed by atoms with Gasteiger partial charge in [-0.25, -0.2) is 4.68 Å². The van der Waals surface area contributed by atoms with E-state index in [-0.39, 0.29) is 35.5 Å². The molecule has 0 radical (unpaired) electrons. The molecule has 2 amide bonds. The monoisotopic (exact) mass is 580 g/mol. The number of ether oxygens (including phenoxy) is 1. The standard InChI is InChI=1S/C34H36N4O3S/c1-22-15-16-28(24(3)18-22)38-34-31(32(36-38)25-11-5-4-6-12-25)33(27-14-8-7-10-23(27)2)42-21-30(40)37(34)20-29(39)35-19-26-13-9-17-41-26/h4-8,10-12,14-16,18,26,33H,9,13,17,19-21H2,1-3H3,(H,35,39)/t26-,33+/m1/s1. The molecule has 6 rings (SSSR count). The van der Waals surface area contributed by atoms with E-state index in [4.69, 9.17) is 9.84 Å². The van der Waals surface area contributed by atoms with Crippen molar-refractivity contribution >= 4 is 29.4 Å². The van der Waals surface area contributed by atoms with Crippen LogP contribution in [0.4, 0.5) is 5.82 Å². The number of nitrogens with zero attached hydrogens (tertiary/aromatic N) is 3. The van der Waals surface area contributed by atoms with Crippen LogP contribution in [0.15, 0.2) is 72.8 Å². The third kappa shape index (κ3) is 5.61. The lowest BCUT2D eigenvalue weighted by atomic mass is 9.96. The zero-order chi connectivity index (χ0) is 29.2. The van der Waals surface area contributed by atoms with Gasteiger partial charge in [0.2, 0.25) is 11.8 Å². The average molecular weight is 581 g/mol. The third-order valence-electron chi connectivity index (χ3n) is 8.04. The quantitative estimate of drug-likeness (QED) is 0.293. The van der Waals surface area contributed by atoms with Crippen molar-refractivity contribution in [1.29, 1.82) is 0 Å². The number of amides is 2. The first-order valence-electron chi connectivity index (χ1n) is 14.5. The predicted octanol–water partition coefficient (Wildman–Crippen LogP) is 5.93. The summed E-state index contributed by atoms with van der Waals surface area (Å²) < 4.78 is 7.59. The molecule has 2 atom stereocenters. The fourth-order valence-corrected chi connectivity index (χ4v) is 7.19. The highest BCUT2D eigenvalue weighted by Crippen LogP contribution is 2.49. The zero-order valence-corrected chi connectivity index (χ0v) is 25.1. The second-order valence-corrected chi connectivity index (χ2v) is 12.2. The molecule has 1 aromatic heterocycles. The van der Waals surface area contributed by atoms with Crippen molar-refractivity contribution in [1.82, 2.24) is 15.1 Å². The van der Waals surface area contributed by atoms with Gasteiger partial charge < -0.3 is 10.1 Å². The molecule has 2 aliphatic heterocycles. The molecule has 216 valence electrons. The summed E-state index contributed by atoms with van der Waals surface area (Å²) in [5.41, 5.74) is 8.07. The molecule has 3 aromatic carbocycles. The summed E-state index contributed by atoms with van der Waals surface area (Å²) in [4.78, 5) is 29.0. The number of fused-ring (bicyclic) bond motifs is 1. The summed E-state index contributed by atoms with van der Waals surface area (Å²) >= 11 is 1.59. The Morgan fingerprint density at radius 1 is 1.02 bits per heavy atom. The molecule has 8 heteroatoms. The second kappa shape index (κ2) is 12.2. The summed E-state index contributed by atoms with van der Waals surface area (Å²) in [5, 5.41) is 8.09. The first-order chi connectivity index (χ1) is 20.4. The van der Waals surface area contributed by atoms with Crippen LogP contribution >= 0.6 is 11.8 Å². The molecule has 1 N–H and O–H groups in total. The summed E-state index contributed by atoms with van der Waals surface area (Å²) in [6, 6.07) is 24.7. The topological polar surface area (TPSA) is 76.5 Å². The molecule has 0 unspecified atom stereocenters. The molecule has 42 heavy (non-hydrogen) atoms. The Kier molecular flexibility index (Phi) is 8.18. The predicted molar refractivity (Wildman–Crippen MR) is 168 cm³/mol. The molecule has 4 aromatic rings. The molecule has 3 heterocycles. The summed E-state index contributed by atoms with van der Waals surface area (Å²) in [6.07, 6.45) is 1.96. The first kappa shape index (κ1) is 28.2. The number of thioether (sulfide) groups is 1. The maximum atomic E-state index is 14.0. The third-order valence-corrected chi connectivity index (χ3v) is 9.28. The van der Waals surface area contributed by atoms with Crippen molar-refractivity contribution in [3.63, 3.8) is 0 Å². The molecule has 0 aliphatic carbocycles. The minimum atomic E-state index is -0.209. The van der Waals surface area contributed by atoms with Gasteiger partial charge >= 0.3 is 0 Å². The Hall–Kier alpha value is -3.88. The summed E-state index contributed by atoms with van der Waals surface area (Å²) in [5.74, 6) is 0.568. The summed E-state index contributed by atoms with van der Waals surface area (Å²) in [7, 11) is 0. The van der Waals surface area contributed by atoms with Gasteiger partial charge in [0, 0.05) is 24.3 Å². The lowest BCUT2D eigenvalue weighted by Gasteiger charge is -2.24. The van der Waals surface area contributed by atoms with Crippen LogP contribution in [0.3, 0.4) is 0 Å². The van der Waals surface area contributed by atoms with Crippen molar-refractivity contribution in [3.8, 4) is 16.9 Å². The van der Waals surface area contributed by atoms with Crippen LogP contribution in [0.5, 0.6) is 0 Å². The fourth-order valence-electron chi connectivity index (χ4n) is 5.90. The minimum Gasteiger partial charge on any atom is -0.376 e. The van der Waals surface area contributed by atoms with E-state index in [2.05, 4.69) is 62.5 Å². The number of hydrogen-bond acceptors (Lipinski definition) is 5. The van der Waals surface area contributed by atoms with Gasteiger partial charge in [-0.2, -0.15) is 5.10 Å². The molecule has 0 bridgehead atoms. The van der Waals surface area contributed by atoms with Gasteiger partial charge in [-0.05, 0) is 56.4 Å². The van der Waals surface area contributed by atoms with Crippen LogP contribution in [-0.2, 0) is 14.3 Å². The number of nitrogens with one attached hydrogen (secondary N) is 1. The SMILES string of the molecule is Cc1ccc(-n2nc(-c3ccccc3)c3c2N(CC(=O)NC[C@H]2CCCO2)C(=O)CS[C@H]3c2ccccc2C)c(C)c1. The molecular weight excluding hydrogens is 544 g/mol. The number of carbonyl (C=O) groups excluding carboxylic acids is 2. The van der Waals surface area contributed by atoms with Crippen molar-refractivity contribution in [2.24, 2.45) is 0 Å². The fraction of sp³-hybridized carbons (Fsp3) is 0.324. The Morgan fingerprint density at radius 3 is 2.55 bits per heavy atom. The Balaban J connectivity index is 1.55. The lowest BCUT2D eigenvalue weighted by Crippen LogP contribution is -2.44. The highest BCUT2D eigenvalue weighted by atomic mass is 32.2. The number of hydrogen-bond donors (Lipinski definition) is 1. The molecular formula is C34H36N4O3S. The van der Waals surface area contributed by atoms with E-state index in [1.54, 1.807) is 16.7 Å². The van der Waals surface area contributed by atoms with E-state index < -0.39 is 0 Å². The number of aryl methyl sites for hydroxylation is 3. The van der Waals surface area contributed by atoms with Crippen molar-refractivity contribution < 1.29 is 14.3 Å². The Morgan fingerprint density at radius 2 is 1.81 bits per heavy atom. The summed E-state index contributed by atoms with van der Waals surface area (Å²) in [6.45, 7) is 7.31. The molecule has 1 saturated heterocycles. The highest BCUT2D eigenvalue weighted by Gasteiger charge is 2.38. The van der Waals surface area contributed by atoms with Gasteiger partial charge in [-0.3, -0.25) is 14.5 Å². The van der Waals surface area contributed by atoms with E-state index >= 15 is 0 Å². The molecule has 1 fully saturated rings. The van der Waals surface area contributed by atoms with Crippen LogP contribution in [0, 0.1) is 20.8 Å². The maximum Gasteiger partial charge on any atom is 0.240 e. The number of benzene rings is 3. The lowest BCUT2D eigenvalue weighted by molar-refractivity contribution is -0.123. The smallest absolute Gasteiger partial charge is 0.240 e. The first-order valence-corrected chi connectivity index (χ1v) is 15.6. The van der Waals surface area contributed by atoms with E-state index in [9.17, 15) is 9.59 Å². The molecule has 2 aliphatic rings. The molecule has 0 spiro atoms. The number of rotatable bonds is 7. The molecule has 7 nitrogen and oxygen atoms in total. The molecule has 0 saturated carbocycles. The van der Waals surface area contributed by atoms with Gasteiger partial charge in [-0.1, -0.05) is 72.3 Å². The van der Waals surface area contributed by atoms with E-state index in [1.165, 1.54) is 0 Å². The van der Waals surface area contributed by atoms with E-state index in [1.807, 2.05) is 41.1 Å². The van der Waals surface area contributed by atoms with Crippen molar-refractivity contribution in [2.75, 3.05) is 30.3 Å². The Labute approximate surface area is 251 Å². The zero-order valence-electron chi connectivity index (χ0n) is 24.3. The number of aromatic nitrogens is 2. The number of anilines is 1.